The first kappa shape index (κ1) is 18.3. The van der Waals surface area contributed by atoms with Crippen LogP contribution in [0, 0.1) is 13.8 Å². The number of aromatic nitrogens is 1. The lowest BCUT2D eigenvalue weighted by Crippen LogP contribution is -2.25. The van der Waals surface area contributed by atoms with Gasteiger partial charge in [0.1, 0.15) is 5.75 Å². The minimum Gasteiger partial charge on any atom is -0.497 e. The van der Waals surface area contributed by atoms with Crippen LogP contribution >= 0.6 is 0 Å². The van der Waals surface area contributed by atoms with E-state index in [0.717, 1.165) is 35.7 Å². The van der Waals surface area contributed by atoms with Crippen molar-refractivity contribution in [1.29, 1.82) is 0 Å². The average Bonchev–Trinajstić information content (AvgIpc) is 2.86. The summed E-state index contributed by atoms with van der Waals surface area (Å²) in [7, 11) is 1.67. The van der Waals surface area contributed by atoms with Gasteiger partial charge in [0.05, 0.1) is 13.7 Å². The smallest absolute Gasteiger partial charge is 0.178 e. The zero-order valence-electron chi connectivity index (χ0n) is 15.3. The molecule has 4 heteroatoms. The van der Waals surface area contributed by atoms with Gasteiger partial charge in [0, 0.05) is 23.0 Å². The van der Waals surface area contributed by atoms with Crippen molar-refractivity contribution in [2.45, 2.75) is 40.2 Å². The number of rotatable bonds is 8. The molecule has 1 aromatic heterocycles. The molecule has 0 radical (unpaired) electrons. The number of hydrogen-bond acceptors (Lipinski definition) is 3. The summed E-state index contributed by atoms with van der Waals surface area (Å²) in [5.74, 6) is 1.02. The fourth-order valence-corrected chi connectivity index (χ4v) is 3.21. The topological polar surface area (TPSA) is 43.3 Å². The van der Waals surface area contributed by atoms with Gasteiger partial charge in [0.15, 0.2) is 5.78 Å². The van der Waals surface area contributed by atoms with Gasteiger partial charge in [-0.05, 0) is 64.4 Å². The molecule has 4 nitrogen and oxygen atoms in total. The summed E-state index contributed by atoms with van der Waals surface area (Å²) >= 11 is 0. The maximum Gasteiger partial charge on any atom is 0.178 e. The Kier molecular flexibility index (Phi) is 6.21. The van der Waals surface area contributed by atoms with Gasteiger partial charge in [0.2, 0.25) is 0 Å². The zero-order valence-corrected chi connectivity index (χ0v) is 15.3. The predicted octanol–water partition coefficient (Wildman–Crippen LogP) is 3.71. The lowest BCUT2D eigenvalue weighted by molar-refractivity contribution is 0.0990. The van der Waals surface area contributed by atoms with Crippen LogP contribution in [0.4, 0.5) is 0 Å². The molecule has 0 saturated heterocycles. The fourth-order valence-electron chi connectivity index (χ4n) is 3.21. The van der Waals surface area contributed by atoms with E-state index in [1.165, 1.54) is 5.56 Å². The molecule has 24 heavy (non-hydrogen) atoms. The second kappa shape index (κ2) is 8.15. The van der Waals surface area contributed by atoms with Crippen LogP contribution in [-0.4, -0.2) is 30.5 Å². The Bertz CT molecular complexity index is 702. The molecule has 0 spiro atoms. The molecule has 0 unspecified atom stereocenters. The highest BCUT2D eigenvalue weighted by atomic mass is 16.5. The maximum absolute atomic E-state index is 12.5. The quantitative estimate of drug-likeness (QED) is 0.593. The van der Waals surface area contributed by atoms with Gasteiger partial charge >= 0.3 is 0 Å². The van der Waals surface area contributed by atoms with Crippen molar-refractivity contribution >= 4 is 5.78 Å². The van der Waals surface area contributed by atoms with E-state index >= 15 is 0 Å². The number of hydrogen-bond donors (Lipinski definition) is 1. The highest BCUT2D eigenvalue weighted by molar-refractivity contribution is 5.99. The van der Waals surface area contributed by atoms with Crippen molar-refractivity contribution in [3.05, 3.63) is 52.8 Å². The third kappa shape index (κ3) is 4.26. The van der Waals surface area contributed by atoms with Crippen LogP contribution < -0.4 is 10.1 Å². The standard InChI is InChI=1S/C20H28N2O2/c1-14(2)22-15(3)11-19(16(22)4)20(23)13-21-10-9-17-7-6-8-18(12-17)24-5/h6-8,11-12,14,21H,9-10,13H2,1-5H3. The molecule has 0 aliphatic carbocycles. The Morgan fingerprint density at radius 3 is 2.62 bits per heavy atom. The van der Waals surface area contributed by atoms with Crippen LogP contribution in [-0.2, 0) is 6.42 Å². The Labute approximate surface area is 144 Å². The van der Waals surface area contributed by atoms with Crippen molar-refractivity contribution in [3.63, 3.8) is 0 Å². The van der Waals surface area contributed by atoms with E-state index in [2.05, 4.69) is 36.7 Å². The molecule has 0 amide bonds. The Balaban J connectivity index is 1.88. The SMILES string of the molecule is COc1cccc(CCNCC(=O)c2cc(C)n(C(C)C)c2C)c1. The minimum atomic E-state index is 0.153. The minimum absolute atomic E-state index is 0.153. The van der Waals surface area contributed by atoms with Gasteiger partial charge in [-0.2, -0.15) is 0 Å². The number of ketones is 1. The maximum atomic E-state index is 12.5. The van der Waals surface area contributed by atoms with Crippen LogP contribution in [0.15, 0.2) is 30.3 Å². The largest absolute Gasteiger partial charge is 0.497 e. The van der Waals surface area contributed by atoms with E-state index in [1.54, 1.807) is 7.11 Å². The third-order valence-electron chi connectivity index (χ3n) is 4.31. The van der Waals surface area contributed by atoms with Gasteiger partial charge in [0.25, 0.3) is 0 Å². The van der Waals surface area contributed by atoms with E-state index in [0.29, 0.717) is 12.6 Å². The molecule has 2 aromatic rings. The summed E-state index contributed by atoms with van der Waals surface area (Å²) in [6.45, 7) is 9.49. The molecule has 1 N–H and O–H groups in total. The van der Waals surface area contributed by atoms with E-state index < -0.39 is 0 Å². The molecule has 0 saturated carbocycles. The number of ether oxygens (including phenoxy) is 1. The number of carbonyl (C=O) groups is 1. The van der Waals surface area contributed by atoms with Gasteiger partial charge in [-0.1, -0.05) is 12.1 Å². The molecular formula is C20H28N2O2. The molecular weight excluding hydrogens is 300 g/mol. The van der Waals surface area contributed by atoms with Crippen LogP contribution in [0.3, 0.4) is 0 Å². The van der Waals surface area contributed by atoms with Crippen LogP contribution in [0.2, 0.25) is 0 Å². The normalized spacial score (nSPS) is 11.1. The van der Waals surface area contributed by atoms with Gasteiger partial charge in [-0.15, -0.1) is 0 Å². The average molecular weight is 328 g/mol. The number of methoxy groups -OCH3 is 1. The highest BCUT2D eigenvalue weighted by Crippen LogP contribution is 2.20. The van der Waals surface area contributed by atoms with Crippen LogP contribution in [0.25, 0.3) is 0 Å². The fraction of sp³-hybridized carbons (Fsp3) is 0.450. The first-order chi connectivity index (χ1) is 11.4. The molecule has 1 aromatic carbocycles. The first-order valence-electron chi connectivity index (χ1n) is 8.49. The predicted molar refractivity (Wildman–Crippen MR) is 98.2 cm³/mol. The summed E-state index contributed by atoms with van der Waals surface area (Å²) < 4.78 is 7.44. The summed E-state index contributed by atoms with van der Waals surface area (Å²) in [5, 5.41) is 3.26. The van der Waals surface area contributed by atoms with Crippen molar-refractivity contribution < 1.29 is 9.53 Å². The number of benzene rings is 1. The molecule has 0 bridgehead atoms. The van der Waals surface area contributed by atoms with E-state index in [-0.39, 0.29) is 5.78 Å². The Morgan fingerprint density at radius 1 is 1.25 bits per heavy atom. The van der Waals surface area contributed by atoms with Crippen molar-refractivity contribution in [3.8, 4) is 5.75 Å². The molecule has 0 aliphatic heterocycles. The lowest BCUT2D eigenvalue weighted by Gasteiger charge is -2.13. The summed E-state index contributed by atoms with van der Waals surface area (Å²) in [5.41, 5.74) is 4.23. The number of Topliss-reactive ketones (excluding diaryl/α,β-unsaturated/α-hetero) is 1. The number of aryl methyl sites for hydroxylation is 1. The Hall–Kier alpha value is -2.07. The van der Waals surface area contributed by atoms with Crippen LogP contribution in [0.1, 0.15) is 47.2 Å². The van der Waals surface area contributed by atoms with E-state index in [9.17, 15) is 4.79 Å². The van der Waals surface area contributed by atoms with Gasteiger partial charge in [-0.25, -0.2) is 0 Å². The molecule has 0 aliphatic rings. The van der Waals surface area contributed by atoms with Crippen molar-refractivity contribution in [1.82, 2.24) is 9.88 Å². The van der Waals surface area contributed by atoms with Gasteiger partial charge < -0.3 is 14.6 Å². The molecule has 0 atom stereocenters. The summed E-state index contributed by atoms with van der Waals surface area (Å²) in [6, 6.07) is 10.4. The van der Waals surface area contributed by atoms with Gasteiger partial charge in [-0.3, -0.25) is 4.79 Å². The van der Waals surface area contributed by atoms with E-state index in [4.69, 9.17) is 4.74 Å². The number of nitrogens with zero attached hydrogens (tertiary/aromatic N) is 1. The number of nitrogens with one attached hydrogen (secondary N) is 1. The molecule has 2 rings (SSSR count). The molecule has 1 heterocycles. The lowest BCUT2D eigenvalue weighted by atomic mass is 10.1. The number of carbonyl (C=O) groups excluding carboxylic acids is 1. The zero-order chi connectivity index (χ0) is 17.7. The summed E-state index contributed by atoms with van der Waals surface area (Å²) in [4.78, 5) is 12.5. The first-order valence-corrected chi connectivity index (χ1v) is 8.49. The van der Waals surface area contributed by atoms with E-state index in [1.807, 2.05) is 31.2 Å². The monoisotopic (exact) mass is 328 g/mol. The van der Waals surface area contributed by atoms with Crippen molar-refractivity contribution in [2.75, 3.05) is 20.2 Å². The van der Waals surface area contributed by atoms with Crippen LogP contribution in [0.5, 0.6) is 5.75 Å². The van der Waals surface area contributed by atoms with Crippen molar-refractivity contribution in [2.24, 2.45) is 0 Å². The molecule has 0 fully saturated rings. The third-order valence-corrected chi connectivity index (χ3v) is 4.31. The summed E-state index contributed by atoms with van der Waals surface area (Å²) in [6.07, 6.45) is 0.871. The highest BCUT2D eigenvalue weighted by Gasteiger charge is 2.16. The second-order valence-corrected chi connectivity index (χ2v) is 6.45. The Morgan fingerprint density at radius 2 is 2.00 bits per heavy atom. The second-order valence-electron chi connectivity index (χ2n) is 6.45. The molecule has 130 valence electrons.